The summed E-state index contributed by atoms with van der Waals surface area (Å²) in [6.07, 6.45) is 0.602. The van der Waals surface area contributed by atoms with Crippen LogP contribution in [0.15, 0.2) is 0 Å². The van der Waals surface area contributed by atoms with Gasteiger partial charge in [0.1, 0.15) is 17.2 Å². The zero-order valence-corrected chi connectivity index (χ0v) is 14.2. The molecule has 0 radical (unpaired) electrons. The van der Waals surface area contributed by atoms with Crippen LogP contribution in [-0.4, -0.2) is 62.4 Å². The van der Waals surface area contributed by atoms with Crippen molar-refractivity contribution in [1.82, 2.24) is 25.0 Å². The number of carbonyl (C=O) groups is 1. The Bertz CT molecular complexity index is 508. The molecule has 1 aliphatic heterocycles. The second-order valence-electron chi connectivity index (χ2n) is 6.80. The summed E-state index contributed by atoms with van der Waals surface area (Å²) < 4.78 is 5.44. The van der Waals surface area contributed by atoms with Crippen LogP contribution in [0.3, 0.4) is 0 Å². The maximum absolute atomic E-state index is 12.1. The summed E-state index contributed by atoms with van der Waals surface area (Å²) in [4.78, 5) is 20.7. The van der Waals surface area contributed by atoms with Crippen molar-refractivity contribution >= 4 is 6.09 Å². The summed E-state index contributed by atoms with van der Waals surface area (Å²) in [5, 5.41) is 7.14. The summed E-state index contributed by atoms with van der Waals surface area (Å²) in [6, 6.07) is 0.261. The van der Waals surface area contributed by atoms with Crippen molar-refractivity contribution in [2.75, 3.05) is 19.6 Å². The number of nitrogens with one attached hydrogen (secondary N) is 1. The third-order valence-corrected chi connectivity index (χ3v) is 3.66. The van der Waals surface area contributed by atoms with E-state index in [4.69, 9.17) is 4.74 Å². The lowest BCUT2D eigenvalue weighted by Gasteiger charge is -2.39. The van der Waals surface area contributed by atoms with E-state index >= 15 is 0 Å². The van der Waals surface area contributed by atoms with Crippen LogP contribution in [0.5, 0.6) is 0 Å². The van der Waals surface area contributed by atoms with E-state index < -0.39 is 5.60 Å². The third-order valence-electron chi connectivity index (χ3n) is 3.66. The van der Waals surface area contributed by atoms with Gasteiger partial charge < -0.3 is 9.64 Å². The molecule has 2 rings (SSSR count). The van der Waals surface area contributed by atoms with E-state index in [1.165, 1.54) is 0 Å². The normalized spacial score (nSPS) is 20.2. The van der Waals surface area contributed by atoms with Gasteiger partial charge in [0.05, 0.1) is 6.54 Å². The Balaban J connectivity index is 1.88. The lowest BCUT2D eigenvalue weighted by molar-refractivity contribution is 0.00428. The van der Waals surface area contributed by atoms with Crippen molar-refractivity contribution in [3.05, 3.63) is 11.6 Å². The predicted octanol–water partition coefficient (Wildman–Crippen LogP) is 1.81. The van der Waals surface area contributed by atoms with Crippen molar-refractivity contribution < 1.29 is 9.53 Å². The number of nitrogens with zero attached hydrogens (tertiary/aromatic N) is 4. The summed E-state index contributed by atoms with van der Waals surface area (Å²) in [6.45, 7) is 12.7. The number of aromatic amines is 1. The molecule has 1 saturated heterocycles. The van der Waals surface area contributed by atoms with Crippen LogP contribution in [0.1, 0.15) is 46.3 Å². The number of hydrogen-bond donors (Lipinski definition) is 1. The monoisotopic (exact) mass is 309 g/mol. The first kappa shape index (κ1) is 16.7. The Morgan fingerprint density at radius 3 is 2.68 bits per heavy atom. The molecular weight excluding hydrogens is 282 g/mol. The maximum Gasteiger partial charge on any atom is 0.410 e. The molecule has 7 heteroatoms. The maximum atomic E-state index is 12.1. The predicted molar refractivity (Wildman–Crippen MR) is 83.4 cm³/mol. The molecule has 2 heterocycles. The van der Waals surface area contributed by atoms with E-state index in [-0.39, 0.29) is 12.1 Å². The van der Waals surface area contributed by atoms with Gasteiger partial charge in [-0.2, -0.15) is 5.10 Å². The number of carbonyl (C=O) groups excluding carboxylic acids is 1. The van der Waals surface area contributed by atoms with Crippen molar-refractivity contribution in [3.63, 3.8) is 0 Å². The van der Waals surface area contributed by atoms with Gasteiger partial charge in [-0.05, 0) is 27.7 Å². The summed E-state index contributed by atoms with van der Waals surface area (Å²) in [5.41, 5.74) is -0.451. The van der Waals surface area contributed by atoms with Crippen LogP contribution >= 0.6 is 0 Å². The molecule has 1 aromatic heterocycles. The quantitative estimate of drug-likeness (QED) is 0.921. The highest BCUT2D eigenvalue weighted by Crippen LogP contribution is 2.16. The third kappa shape index (κ3) is 4.43. The molecule has 0 bridgehead atoms. The minimum absolute atomic E-state index is 0.230. The van der Waals surface area contributed by atoms with Gasteiger partial charge >= 0.3 is 6.09 Å². The first-order chi connectivity index (χ1) is 10.3. The van der Waals surface area contributed by atoms with Crippen LogP contribution < -0.4 is 0 Å². The van der Waals surface area contributed by atoms with Gasteiger partial charge in [0, 0.05) is 32.1 Å². The zero-order valence-electron chi connectivity index (χ0n) is 14.2. The first-order valence-corrected chi connectivity index (χ1v) is 7.90. The van der Waals surface area contributed by atoms with Gasteiger partial charge in [-0.1, -0.05) is 6.92 Å². The van der Waals surface area contributed by atoms with Gasteiger partial charge in [0.15, 0.2) is 0 Å². The van der Waals surface area contributed by atoms with Gasteiger partial charge in [-0.3, -0.25) is 10.00 Å². The van der Waals surface area contributed by atoms with Gasteiger partial charge in [-0.15, -0.1) is 0 Å². The minimum atomic E-state index is -0.451. The van der Waals surface area contributed by atoms with E-state index in [1.807, 2.05) is 27.7 Å². The molecule has 0 unspecified atom stereocenters. The van der Waals surface area contributed by atoms with Crippen LogP contribution in [0, 0.1) is 0 Å². The molecular formula is C15H27N5O2. The zero-order chi connectivity index (χ0) is 16.3. The van der Waals surface area contributed by atoms with Gasteiger partial charge in [-0.25, -0.2) is 9.78 Å². The van der Waals surface area contributed by atoms with Crippen LogP contribution in [-0.2, 0) is 17.7 Å². The molecule has 22 heavy (non-hydrogen) atoms. The second kappa shape index (κ2) is 6.64. The number of H-pyrrole nitrogens is 1. The molecule has 1 aromatic rings. The molecule has 1 atom stereocenters. The van der Waals surface area contributed by atoms with Crippen molar-refractivity contribution in [3.8, 4) is 0 Å². The Kier molecular flexibility index (Phi) is 5.05. The number of aryl methyl sites for hydroxylation is 1. The number of hydrogen-bond acceptors (Lipinski definition) is 5. The molecule has 1 fully saturated rings. The van der Waals surface area contributed by atoms with Crippen LogP contribution in [0.25, 0.3) is 0 Å². The highest BCUT2D eigenvalue weighted by molar-refractivity contribution is 5.68. The number of ether oxygens (including phenoxy) is 1. The molecule has 0 aliphatic carbocycles. The van der Waals surface area contributed by atoms with Crippen molar-refractivity contribution in [2.24, 2.45) is 0 Å². The minimum Gasteiger partial charge on any atom is -0.444 e. The lowest BCUT2D eigenvalue weighted by Crippen LogP contribution is -2.54. The fourth-order valence-electron chi connectivity index (χ4n) is 2.48. The molecule has 0 saturated carbocycles. The van der Waals surface area contributed by atoms with E-state index in [1.54, 1.807) is 4.90 Å². The van der Waals surface area contributed by atoms with Crippen LogP contribution in [0.4, 0.5) is 4.79 Å². The topological polar surface area (TPSA) is 74.4 Å². The van der Waals surface area contributed by atoms with Crippen molar-refractivity contribution in [1.29, 1.82) is 0 Å². The van der Waals surface area contributed by atoms with E-state index in [0.717, 1.165) is 31.2 Å². The van der Waals surface area contributed by atoms with Gasteiger partial charge in [0.25, 0.3) is 0 Å². The van der Waals surface area contributed by atoms with Crippen molar-refractivity contribution in [2.45, 2.75) is 59.2 Å². The highest BCUT2D eigenvalue weighted by Gasteiger charge is 2.30. The Labute approximate surface area is 132 Å². The first-order valence-electron chi connectivity index (χ1n) is 7.90. The number of piperazine rings is 1. The molecule has 0 aromatic carbocycles. The number of aromatic nitrogens is 3. The number of rotatable bonds is 3. The Morgan fingerprint density at radius 2 is 2.14 bits per heavy atom. The Morgan fingerprint density at radius 1 is 1.41 bits per heavy atom. The largest absolute Gasteiger partial charge is 0.444 e. The standard InChI is InChI=1S/C15H27N5O2/c1-6-12-16-13(18-17-12)10-19-7-8-20(9-11(19)2)14(21)22-15(3,4)5/h11H,6-10H2,1-5H3,(H,16,17,18)/t11-/m1/s1. The fourth-order valence-corrected chi connectivity index (χ4v) is 2.48. The second-order valence-corrected chi connectivity index (χ2v) is 6.80. The number of amides is 1. The Hall–Kier alpha value is -1.63. The molecule has 7 nitrogen and oxygen atoms in total. The SMILES string of the molecule is CCc1n[nH]c(CN2CCN(C(=O)OC(C)(C)C)C[C@H]2C)n1. The highest BCUT2D eigenvalue weighted by atomic mass is 16.6. The average molecular weight is 309 g/mol. The van der Waals surface area contributed by atoms with Crippen LogP contribution in [0.2, 0.25) is 0 Å². The summed E-state index contributed by atoms with van der Waals surface area (Å²) in [5.74, 6) is 1.73. The fraction of sp³-hybridized carbons (Fsp3) is 0.800. The van der Waals surface area contributed by atoms with E-state index in [2.05, 4.69) is 27.0 Å². The molecule has 1 N–H and O–H groups in total. The van der Waals surface area contributed by atoms with E-state index in [9.17, 15) is 4.79 Å². The van der Waals surface area contributed by atoms with E-state index in [0.29, 0.717) is 13.1 Å². The average Bonchev–Trinajstić information content (AvgIpc) is 2.87. The van der Waals surface area contributed by atoms with Gasteiger partial charge in [0.2, 0.25) is 0 Å². The summed E-state index contributed by atoms with van der Waals surface area (Å²) >= 11 is 0. The lowest BCUT2D eigenvalue weighted by atomic mass is 10.2. The summed E-state index contributed by atoms with van der Waals surface area (Å²) in [7, 11) is 0. The molecule has 1 amide bonds. The molecule has 1 aliphatic rings. The molecule has 0 spiro atoms. The smallest absolute Gasteiger partial charge is 0.410 e. The molecule has 124 valence electrons.